The van der Waals surface area contributed by atoms with E-state index in [1.54, 1.807) is 17.6 Å². The summed E-state index contributed by atoms with van der Waals surface area (Å²) < 4.78 is 0. The van der Waals surface area contributed by atoms with Crippen LogP contribution in [-0.2, 0) is 0 Å². The lowest BCUT2D eigenvalue weighted by atomic mass is 10.3. The molecule has 0 aliphatic carbocycles. The maximum absolute atomic E-state index is 12.3. The molecule has 1 saturated heterocycles. The van der Waals surface area contributed by atoms with Gasteiger partial charge in [0.25, 0.3) is 5.91 Å². The summed E-state index contributed by atoms with van der Waals surface area (Å²) in [5.41, 5.74) is 0. The Kier molecular flexibility index (Phi) is 3.89. The molecule has 0 radical (unpaired) electrons. The molecule has 0 unspecified atom stereocenters. The normalized spacial score (nSPS) is 15.4. The topological polar surface area (TPSA) is 36.4 Å². The van der Waals surface area contributed by atoms with Crippen LogP contribution in [0.1, 0.15) is 9.67 Å². The van der Waals surface area contributed by atoms with Gasteiger partial charge >= 0.3 is 0 Å². The van der Waals surface area contributed by atoms with E-state index in [0.29, 0.717) is 23.0 Å². The third-order valence-electron chi connectivity index (χ3n) is 3.32. The number of hydrogen-bond acceptors (Lipinski definition) is 4. The Bertz CT molecular complexity index is 593. The summed E-state index contributed by atoms with van der Waals surface area (Å²) in [5.74, 6) is 1.04. The van der Waals surface area contributed by atoms with Crippen molar-refractivity contribution in [3.05, 3.63) is 45.7 Å². The van der Waals surface area contributed by atoms with Gasteiger partial charge in [-0.2, -0.15) is 0 Å². The van der Waals surface area contributed by atoms with Gasteiger partial charge in [-0.25, -0.2) is 4.98 Å². The van der Waals surface area contributed by atoms with Crippen LogP contribution in [0.4, 0.5) is 5.82 Å². The highest BCUT2D eigenvalue weighted by molar-refractivity contribution is 7.12. The maximum atomic E-state index is 12.3. The van der Waals surface area contributed by atoms with E-state index in [1.165, 1.54) is 11.3 Å². The van der Waals surface area contributed by atoms with Crippen LogP contribution in [-0.4, -0.2) is 42.0 Å². The fourth-order valence-corrected chi connectivity index (χ4v) is 3.30. The number of carbonyl (C=O) groups is 1. The van der Waals surface area contributed by atoms with E-state index in [2.05, 4.69) is 9.88 Å². The predicted octanol–water partition coefficient (Wildman–Crippen LogP) is 2.76. The van der Waals surface area contributed by atoms with E-state index in [0.717, 1.165) is 18.9 Å². The van der Waals surface area contributed by atoms with Crippen molar-refractivity contribution in [3.8, 4) is 0 Å². The average molecular weight is 308 g/mol. The Labute approximate surface area is 126 Å². The summed E-state index contributed by atoms with van der Waals surface area (Å²) in [6.07, 6.45) is 1.79. The highest BCUT2D eigenvalue weighted by Gasteiger charge is 2.23. The largest absolute Gasteiger partial charge is 0.353 e. The van der Waals surface area contributed by atoms with Crippen molar-refractivity contribution < 1.29 is 4.79 Å². The SMILES string of the molecule is O=C(c1cc(Cl)cs1)N1CCN(c2ccccn2)CC1. The molecule has 0 N–H and O–H groups in total. The van der Waals surface area contributed by atoms with Crippen molar-refractivity contribution >= 4 is 34.7 Å². The lowest BCUT2D eigenvalue weighted by Crippen LogP contribution is -2.48. The van der Waals surface area contributed by atoms with Gasteiger partial charge in [-0.1, -0.05) is 17.7 Å². The minimum Gasteiger partial charge on any atom is -0.353 e. The third-order valence-corrected chi connectivity index (χ3v) is 4.58. The summed E-state index contributed by atoms with van der Waals surface area (Å²) in [6.45, 7) is 3.04. The number of hydrogen-bond donors (Lipinski definition) is 0. The van der Waals surface area contributed by atoms with Gasteiger partial charge in [0.1, 0.15) is 5.82 Å². The van der Waals surface area contributed by atoms with Crippen LogP contribution in [0.25, 0.3) is 0 Å². The van der Waals surface area contributed by atoms with Crippen molar-refractivity contribution in [2.75, 3.05) is 31.1 Å². The first-order valence-electron chi connectivity index (χ1n) is 6.43. The number of halogens is 1. The fraction of sp³-hybridized carbons (Fsp3) is 0.286. The number of piperazine rings is 1. The van der Waals surface area contributed by atoms with Gasteiger partial charge in [0.05, 0.1) is 9.90 Å². The molecule has 1 aliphatic rings. The molecule has 1 aliphatic heterocycles. The van der Waals surface area contributed by atoms with E-state index in [4.69, 9.17) is 11.6 Å². The van der Waals surface area contributed by atoms with Gasteiger partial charge in [-0.15, -0.1) is 11.3 Å². The molecule has 0 atom stereocenters. The van der Waals surface area contributed by atoms with Crippen molar-refractivity contribution in [2.45, 2.75) is 0 Å². The summed E-state index contributed by atoms with van der Waals surface area (Å²) in [4.78, 5) is 21.4. The summed E-state index contributed by atoms with van der Waals surface area (Å²) in [6, 6.07) is 7.62. The zero-order chi connectivity index (χ0) is 13.9. The number of anilines is 1. The number of thiophene rings is 1. The number of aromatic nitrogens is 1. The van der Waals surface area contributed by atoms with E-state index in [-0.39, 0.29) is 5.91 Å². The zero-order valence-electron chi connectivity index (χ0n) is 10.8. The predicted molar refractivity (Wildman–Crippen MR) is 81.7 cm³/mol. The minimum atomic E-state index is 0.0718. The second-order valence-electron chi connectivity index (χ2n) is 4.60. The Morgan fingerprint density at radius 1 is 1.25 bits per heavy atom. The van der Waals surface area contributed by atoms with Crippen molar-refractivity contribution in [1.29, 1.82) is 0 Å². The van der Waals surface area contributed by atoms with Gasteiger partial charge in [0, 0.05) is 37.8 Å². The van der Waals surface area contributed by atoms with Crippen LogP contribution in [0.2, 0.25) is 5.02 Å². The van der Waals surface area contributed by atoms with Crippen molar-refractivity contribution in [2.24, 2.45) is 0 Å². The molecule has 3 heterocycles. The van der Waals surface area contributed by atoms with Crippen LogP contribution in [0.5, 0.6) is 0 Å². The van der Waals surface area contributed by atoms with Crippen LogP contribution < -0.4 is 4.90 Å². The molecule has 0 spiro atoms. The molecular weight excluding hydrogens is 294 g/mol. The second-order valence-corrected chi connectivity index (χ2v) is 5.94. The molecule has 20 heavy (non-hydrogen) atoms. The molecule has 0 bridgehead atoms. The molecule has 6 heteroatoms. The van der Waals surface area contributed by atoms with Gasteiger partial charge < -0.3 is 9.80 Å². The van der Waals surface area contributed by atoms with Crippen LogP contribution in [0.3, 0.4) is 0 Å². The zero-order valence-corrected chi connectivity index (χ0v) is 12.4. The monoisotopic (exact) mass is 307 g/mol. The van der Waals surface area contributed by atoms with Crippen molar-refractivity contribution in [1.82, 2.24) is 9.88 Å². The standard InChI is InChI=1S/C14H14ClN3OS/c15-11-9-12(20-10-11)14(19)18-7-5-17(6-8-18)13-3-1-2-4-16-13/h1-4,9-10H,5-8H2. The van der Waals surface area contributed by atoms with E-state index in [9.17, 15) is 4.79 Å². The first-order chi connectivity index (χ1) is 9.74. The fourth-order valence-electron chi connectivity index (χ4n) is 2.26. The highest BCUT2D eigenvalue weighted by Crippen LogP contribution is 2.21. The van der Waals surface area contributed by atoms with E-state index >= 15 is 0 Å². The molecule has 1 fully saturated rings. The Morgan fingerprint density at radius 2 is 2.05 bits per heavy atom. The summed E-state index contributed by atoms with van der Waals surface area (Å²) in [5, 5.41) is 2.42. The van der Waals surface area contributed by atoms with Crippen molar-refractivity contribution in [3.63, 3.8) is 0 Å². The molecule has 1 amide bonds. The lowest BCUT2D eigenvalue weighted by molar-refractivity contribution is 0.0751. The molecular formula is C14H14ClN3OS. The van der Waals surface area contributed by atoms with Crippen LogP contribution >= 0.6 is 22.9 Å². The minimum absolute atomic E-state index is 0.0718. The Hall–Kier alpha value is -1.59. The van der Waals surface area contributed by atoms with Gasteiger partial charge in [-0.05, 0) is 18.2 Å². The summed E-state index contributed by atoms with van der Waals surface area (Å²) >= 11 is 7.27. The number of nitrogens with zero attached hydrogens (tertiary/aromatic N) is 3. The Morgan fingerprint density at radius 3 is 2.65 bits per heavy atom. The van der Waals surface area contributed by atoms with E-state index in [1.807, 2.05) is 23.1 Å². The van der Waals surface area contributed by atoms with Crippen LogP contribution in [0, 0.1) is 0 Å². The quantitative estimate of drug-likeness (QED) is 0.856. The lowest BCUT2D eigenvalue weighted by Gasteiger charge is -2.35. The third kappa shape index (κ3) is 2.78. The molecule has 2 aromatic rings. The van der Waals surface area contributed by atoms with Gasteiger partial charge in [0.15, 0.2) is 0 Å². The molecule has 0 saturated carbocycles. The van der Waals surface area contributed by atoms with Crippen LogP contribution in [0.15, 0.2) is 35.8 Å². The molecule has 0 aromatic carbocycles. The maximum Gasteiger partial charge on any atom is 0.264 e. The smallest absolute Gasteiger partial charge is 0.264 e. The first kappa shape index (κ1) is 13.4. The number of carbonyl (C=O) groups excluding carboxylic acids is 1. The first-order valence-corrected chi connectivity index (χ1v) is 7.69. The number of rotatable bonds is 2. The number of pyridine rings is 1. The molecule has 4 nitrogen and oxygen atoms in total. The molecule has 104 valence electrons. The van der Waals surface area contributed by atoms with Gasteiger partial charge in [0.2, 0.25) is 0 Å². The second kappa shape index (κ2) is 5.81. The average Bonchev–Trinajstić information content (AvgIpc) is 2.94. The Balaban J connectivity index is 1.63. The highest BCUT2D eigenvalue weighted by atomic mass is 35.5. The summed E-state index contributed by atoms with van der Waals surface area (Å²) in [7, 11) is 0. The number of amides is 1. The molecule has 3 rings (SSSR count). The van der Waals surface area contributed by atoms with Gasteiger partial charge in [-0.3, -0.25) is 4.79 Å². The van der Waals surface area contributed by atoms with E-state index < -0.39 is 0 Å². The molecule has 2 aromatic heterocycles.